The predicted molar refractivity (Wildman–Crippen MR) is 151 cm³/mol. The van der Waals surface area contributed by atoms with Crippen molar-refractivity contribution >= 4 is 35.0 Å². The molecule has 0 unspecified atom stereocenters. The molecule has 1 atom stereocenters. The van der Waals surface area contributed by atoms with Crippen molar-refractivity contribution in [1.82, 2.24) is 4.57 Å². The van der Waals surface area contributed by atoms with Gasteiger partial charge in [-0.1, -0.05) is 53.8 Å². The van der Waals surface area contributed by atoms with Gasteiger partial charge in [-0.3, -0.25) is 14.2 Å². The van der Waals surface area contributed by atoms with Crippen LogP contribution in [0.4, 0.5) is 5.69 Å². The zero-order valence-electron chi connectivity index (χ0n) is 21.7. The highest BCUT2D eigenvalue weighted by molar-refractivity contribution is 7.07. The number of para-hydroxylation sites is 1. The monoisotopic (exact) mass is 555 g/mol. The van der Waals surface area contributed by atoms with Gasteiger partial charge in [0.05, 0.1) is 29.0 Å². The fourth-order valence-electron chi connectivity index (χ4n) is 4.42. The topological polar surface area (TPSA) is 119 Å². The average Bonchev–Trinajstić information content (AvgIpc) is 3.25. The third-order valence-electron chi connectivity index (χ3n) is 6.25. The second kappa shape index (κ2) is 11.4. The van der Waals surface area contributed by atoms with Crippen LogP contribution in [0.3, 0.4) is 0 Å². The van der Waals surface area contributed by atoms with Gasteiger partial charge >= 0.3 is 5.97 Å². The molecule has 2 N–H and O–H groups in total. The summed E-state index contributed by atoms with van der Waals surface area (Å²) in [5.74, 6) is -0.418. The number of hydrogen-bond acceptors (Lipinski definition) is 7. The lowest BCUT2D eigenvalue weighted by Gasteiger charge is -2.25. The average molecular weight is 556 g/mol. The van der Waals surface area contributed by atoms with Gasteiger partial charge in [0.2, 0.25) is 0 Å². The molecule has 1 amide bonds. The number of amides is 1. The quantitative estimate of drug-likeness (QED) is 0.344. The summed E-state index contributed by atoms with van der Waals surface area (Å²) in [6.07, 6.45) is 1.70. The number of nitrogens with zero attached hydrogens (tertiary/aromatic N) is 2. The maximum Gasteiger partial charge on any atom is 0.341 e. The van der Waals surface area contributed by atoms with Gasteiger partial charge in [0.1, 0.15) is 11.5 Å². The number of carbonyl (C=O) groups is 2. The molecule has 1 aliphatic rings. The van der Waals surface area contributed by atoms with Crippen molar-refractivity contribution in [1.29, 1.82) is 0 Å². The fourth-order valence-corrected chi connectivity index (χ4v) is 5.47. The van der Waals surface area contributed by atoms with E-state index in [-0.39, 0.29) is 11.5 Å². The molecule has 10 heteroatoms. The maximum absolute atomic E-state index is 13.9. The maximum atomic E-state index is 13.9. The SMILES string of the molecule is COc1ccc([C@H]2C(C(=O)Nc3ccccc3)=C(C)N=c3s/c(=C/c4cccc(OCC(=O)O)c4)c(=O)n32)cc1. The lowest BCUT2D eigenvalue weighted by atomic mass is 9.95. The third-order valence-corrected chi connectivity index (χ3v) is 7.23. The Bertz CT molecular complexity index is 1790. The van der Waals surface area contributed by atoms with Crippen LogP contribution in [-0.2, 0) is 9.59 Å². The number of ether oxygens (including phenoxy) is 2. The normalized spacial score (nSPS) is 14.8. The van der Waals surface area contributed by atoms with Crippen LogP contribution in [0.25, 0.3) is 6.08 Å². The number of methoxy groups -OCH3 is 1. The van der Waals surface area contributed by atoms with Gasteiger partial charge < -0.3 is 19.9 Å². The highest BCUT2D eigenvalue weighted by Gasteiger charge is 2.32. The Labute approximate surface area is 233 Å². The predicted octanol–water partition coefficient (Wildman–Crippen LogP) is 3.35. The van der Waals surface area contributed by atoms with Gasteiger partial charge in [-0.2, -0.15) is 0 Å². The molecule has 1 aliphatic heterocycles. The molecule has 0 spiro atoms. The molecular formula is C30H25N3O6S. The summed E-state index contributed by atoms with van der Waals surface area (Å²) in [4.78, 5) is 43.5. The van der Waals surface area contributed by atoms with E-state index < -0.39 is 18.6 Å². The Hall–Kier alpha value is -4.96. The van der Waals surface area contributed by atoms with Crippen molar-refractivity contribution in [3.05, 3.63) is 121 Å². The number of hydrogen-bond donors (Lipinski definition) is 2. The molecule has 3 aromatic carbocycles. The van der Waals surface area contributed by atoms with E-state index in [0.29, 0.717) is 43.4 Å². The van der Waals surface area contributed by atoms with Crippen LogP contribution in [0.5, 0.6) is 11.5 Å². The molecule has 40 heavy (non-hydrogen) atoms. The fraction of sp³-hybridized carbons (Fsp3) is 0.133. The molecule has 5 rings (SSSR count). The number of carbonyl (C=O) groups excluding carboxylic acids is 1. The lowest BCUT2D eigenvalue weighted by molar-refractivity contribution is -0.139. The Balaban J connectivity index is 1.61. The molecule has 1 aromatic heterocycles. The van der Waals surface area contributed by atoms with Gasteiger partial charge in [-0.05, 0) is 60.5 Å². The van der Waals surface area contributed by atoms with E-state index in [1.807, 2.05) is 30.3 Å². The number of nitrogens with one attached hydrogen (secondary N) is 1. The standard InChI is InChI=1S/C30H25N3O6S/c1-18-26(28(36)32-21-8-4-3-5-9-21)27(20-11-13-22(38-2)14-12-20)33-29(37)24(40-30(33)31-18)16-19-7-6-10-23(15-19)39-17-25(34)35/h3-16,27H,17H2,1-2H3,(H,32,36)(H,34,35)/b24-16+/t27-/m0/s1. The molecule has 2 heterocycles. The van der Waals surface area contributed by atoms with Gasteiger partial charge in [-0.15, -0.1) is 0 Å². The molecular weight excluding hydrogens is 530 g/mol. The molecule has 0 aliphatic carbocycles. The molecule has 9 nitrogen and oxygen atoms in total. The van der Waals surface area contributed by atoms with Crippen LogP contribution in [-0.4, -0.2) is 35.3 Å². The zero-order chi connectivity index (χ0) is 28.2. The van der Waals surface area contributed by atoms with Gasteiger partial charge in [0, 0.05) is 5.69 Å². The Morgan fingerprint density at radius 1 is 1.05 bits per heavy atom. The number of fused-ring (bicyclic) bond motifs is 1. The van der Waals surface area contributed by atoms with Crippen LogP contribution in [0.15, 0.2) is 99.9 Å². The van der Waals surface area contributed by atoms with Crippen LogP contribution < -0.4 is 29.7 Å². The van der Waals surface area contributed by atoms with Crippen LogP contribution in [0, 0.1) is 0 Å². The Kier molecular flexibility index (Phi) is 7.61. The minimum Gasteiger partial charge on any atom is -0.497 e. The number of rotatable bonds is 8. The first-order valence-electron chi connectivity index (χ1n) is 12.3. The summed E-state index contributed by atoms with van der Waals surface area (Å²) in [5, 5.41) is 11.8. The Morgan fingerprint density at radius 3 is 2.50 bits per heavy atom. The number of carboxylic acids is 1. The smallest absolute Gasteiger partial charge is 0.341 e. The summed E-state index contributed by atoms with van der Waals surface area (Å²) >= 11 is 1.21. The van der Waals surface area contributed by atoms with Crippen molar-refractivity contribution in [2.24, 2.45) is 4.99 Å². The molecule has 202 valence electrons. The van der Waals surface area contributed by atoms with E-state index in [0.717, 1.165) is 5.56 Å². The second-order valence-electron chi connectivity index (χ2n) is 8.93. The summed E-state index contributed by atoms with van der Waals surface area (Å²) in [5.41, 5.74) is 2.57. The van der Waals surface area contributed by atoms with Crippen molar-refractivity contribution in [3.8, 4) is 11.5 Å². The van der Waals surface area contributed by atoms with Crippen molar-refractivity contribution in [3.63, 3.8) is 0 Å². The summed E-state index contributed by atoms with van der Waals surface area (Å²) in [6, 6.07) is 22.4. The number of carboxylic acid groups (broad SMARTS) is 1. The minimum atomic E-state index is -1.08. The van der Waals surface area contributed by atoms with Gasteiger partial charge in [-0.25, -0.2) is 9.79 Å². The van der Waals surface area contributed by atoms with Crippen LogP contribution in [0.1, 0.15) is 24.1 Å². The number of thiazole rings is 1. The summed E-state index contributed by atoms with van der Waals surface area (Å²) in [7, 11) is 1.57. The van der Waals surface area contributed by atoms with E-state index in [1.54, 1.807) is 68.6 Å². The molecule has 0 radical (unpaired) electrons. The first-order chi connectivity index (χ1) is 19.3. The molecule has 0 saturated heterocycles. The number of aromatic nitrogens is 1. The van der Waals surface area contributed by atoms with Gasteiger partial charge in [0.25, 0.3) is 11.5 Å². The third kappa shape index (κ3) is 5.57. The van der Waals surface area contributed by atoms with E-state index in [4.69, 9.17) is 14.6 Å². The molecule has 0 saturated carbocycles. The molecule has 4 aromatic rings. The second-order valence-corrected chi connectivity index (χ2v) is 9.94. The highest BCUT2D eigenvalue weighted by atomic mass is 32.1. The number of anilines is 1. The van der Waals surface area contributed by atoms with E-state index >= 15 is 0 Å². The largest absolute Gasteiger partial charge is 0.497 e. The van der Waals surface area contributed by atoms with Crippen molar-refractivity contribution in [2.75, 3.05) is 19.0 Å². The Morgan fingerprint density at radius 2 is 1.80 bits per heavy atom. The zero-order valence-corrected chi connectivity index (χ0v) is 22.5. The molecule has 0 bridgehead atoms. The summed E-state index contributed by atoms with van der Waals surface area (Å²) < 4.78 is 12.5. The number of benzene rings is 3. The lowest BCUT2D eigenvalue weighted by Crippen LogP contribution is -2.40. The highest BCUT2D eigenvalue weighted by Crippen LogP contribution is 2.31. The summed E-state index contributed by atoms with van der Waals surface area (Å²) in [6.45, 7) is 1.29. The number of aliphatic carboxylic acids is 1. The first kappa shape index (κ1) is 26.6. The van der Waals surface area contributed by atoms with Crippen molar-refractivity contribution in [2.45, 2.75) is 13.0 Å². The van der Waals surface area contributed by atoms with Crippen LogP contribution in [0.2, 0.25) is 0 Å². The van der Waals surface area contributed by atoms with E-state index in [2.05, 4.69) is 10.3 Å². The molecule has 0 fully saturated rings. The van der Waals surface area contributed by atoms with Crippen molar-refractivity contribution < 1.29 is 24.2 Å². The van der Waals surface area contributed by atoms with Gasteiger partial charge in [0.15, 0.2) is 11.4 Å². The van der Waals surface area contributed by atoms with E-state index in [1.165, 1.54) is 15.9 Å². The number of allylic oxidation sites excluding steroid dienone is 1. The van der Waals surface area contributed by atoms with Crippen LogP contribution >= 0.6 is 11.3 Å². The van der Waals surface area contributed by atoms with E-state index in [9.17, 15) is 14.4 Å². The minimum absolute atomic E-state index is 0.307. The first-order valence-corrected chi connectivity index (χ1v) is 13.1.